The summed E-state index contributed by atoms with van der Waals surface area (Å²) in [6.45, 7) is 0. The molecule has 0 fully saturated rings. The Labute approximate surface area is 127 Å². The molecule has 0 aromatic heterocycles. The number of ether oxygens (including phenoxy) is 3. The van der Waals surface area contributed by atoms with Crippen LogP contribution in [0.25, 0.3) is 0 Å². The van der Waals surface area contributed by atoms with E-state index in [2.05, 4.69) is 20.7 Å². The number of esters is 1. The van der Waals surface area contributed by atoms with Crippen molar-refractivity contribution in [3.05, 3.63) is 22.2 Å². The van der Waals surface area contributed by atoms with Crippen LogP contribution in [-0.4, -0.2) is 27.3 Å². The number of rotatable bonds is 7. The maximum atomic E-state index is 11.1. The summed E-state index contributed by atoms with van der Waals surface area (Å²) in [7, 11) is 4.56. The second-order valence-electron chi connectivity index (χ2n) is 4.28. The molecule has 112 valence electrons. The Morgan fingerprint density at radius 3 is 2.55 bits per heavy atom. The lowest BCUT2D eigenvalue weighted by Crippen LogP contribution is -2.13. The summed E-state index contributed by atoms with van der Waals surface area (Å²) in [5.74, 6) is 1.13. The van der Waals surface area contributed by atoms with Gasteiger partial charge in [0.25, 0.3) is 0 Å². The smallest absolute Gasteiger partial charge is 0.305 e. The average molecular weight is 346 g/mol. The van der Waals surface area contributed by atoms with Crippen LogP contribution in [0, 0.1) is 0 Å². The number of carbonyl (C=O) groups is 1. The van der Waals surface area contributed by atoms with Gasteiger partial charge in [0.2, 0.25) is 0 Å². The Morgan fingerprint density at radius 1 is 1.30 bits per heavy atom. The molecular formula is C14H20BrNO4. The lowest BCUT2D eigenvalue weighted by Gasteiger charge is -2.18. The summed E-state index contributed by atoms with van der Waals surface area (Å²) in [6.07, 6.45) is 1.70. The molecular weight excluding hydrogens is 326 g/mol. The molecule has 0 aliphatic heterocycles. The molecule has 0 aliphatic carbocycles. The van der Waals surface area contributed by atoms with Crippen LogP contribution in [-0.2, 0) is 9.53 Å². The van der Waals surface area contributed by atoms with Crippen LogP contribution in [0.1, 0.15) is 30.9 Å². The van der Waals surface area contributed by atoms with Gasteiger partial charge in [0, 0.05) is 18.0 Å². The summed E-state index contributed by atoms with van der Waals surface area (Å²) in [5.41, 5.74) is 7.05. The van der Waals surface area contributed by atoms with Crippen molar-refractivity contribution in [2.75, 3.05) is 21.3 Å². The van der Waals surface area contributed by atoms with E-state index in [1.54, 1.807) is 14.2 Å². The van der Waals surface area contributed by atoms with E-state index in [0.29, 0.717) is 30.8 Å². The number of benzene rings is 1. The van der Waals surface area contributed by atoms with Gasteiger partial charge in [-0.05, 0) is 40.9 Å². The van der Waals surface area contributed by atoms with Crippen LogP contribution in [0.5, 0.6) is 11.5 Å². The van der Waals surface area contributed by atoms with Crippen molar-refractivity contribution in [2.24, 2.45) is 5.73 Å². The van der Waals surface area contributed by atoms with Crippen LogP contribution >= 0.6 is 15.9 Å². The molecule has 0 radical (unpaired) electrons. The van der Waals surface area contributed by atoms with Crippen LogP contribution < -0.4 is 15.2 Å². The molecule has 0 amide bonds. The Morgan fingerprint density at radius 2 is 2.00 bits per heavy atom. The predicted molar refractivity (Wildman–Crippen MR) is 80.0 cm³/mol. The first-order chi connectivity index (χ1) is 9.54. The highest BCUT2D eigenvalue weighted by Gasteiger charge is 2.18. The Balaban J connectivity index is 2.79. The van der Waals surface area contributed by atoms with E-state index in [1.165, 1.54) is 7.11 Å². The van der Waals surface area contributed by atoms with Gasteiger partial charge >= 0.3 is 5.97 Å². The Kier molecular flexibility index (Phi) is 6.81. The quantitative estimate of drug-likeness (QED) is 0.769. The normalized spacial score (nSPS) is 11.8. The van der Waals surface area contributed by atoms with E-state index in [-0.39, 0.29) is 12.0 Å². The molecule has 0 spiro atoms. The third kappa shape index (κ3) is 4.11. The van der Waals surface area contributed by atoms with Crippen LogP contribution in [0.4, 0.5) is 0 Å². The first-order valence-corrected chi connectivity index (χ1v) is 7.07. The highest BCUT2D eigenvalue weighted by molar-refractivity contribution is 9.10. The molecule has 0 saturated carbocycles. The fraction of sp³-hybridized carbons (Fsp3) is 0.500. The summed E-state index contributed by atoms with van der Waals surface area (Å²) in [6, 6.07) is 3.50. The molecule has 0 saturated heterocycles. The van der Waals surface area contributed by atoms with E-state index in [0.717, 1.165) is 10.0 Å². The molecule has 1 aromatic rings. The number of carbonyl (C=O) groups excluding carboxylic acids is 1. The van der Waals surface area contributed by atoms with Crippen LogP contribution in [0.2, 0.25) is 0 Å². The molecule has 1 rings (SSSR count). The number of hydrogen-bond donors (Lipinski definition) is 1. The zero-order valence-corrected chi connectivity index (χ0v) is 13.5. The molecule has 0 heterocycles. The first-order valence-electron chi connectivity index (χ1n) is 6.27. The molecule has 20 heavy (non-hydrogen) atoms. The maximum absolute atomic E-state index is 11.1. The van der Waals surface area contributed by atoms with Gasteiger partial charge in [-0.2, -0.15) is 0 Å². The lowest BCUT2D eigenvalue weighted by atomic mass is 10.0. The van der Waals surface area contributed by atoms with Crippen molar-refractivity contribution >= 4 is 21.9 Å². The van der Waals surface area contributed by atoms with Gasteiger partial charge in [-0.15, -0.1) is 0 Å². The molecule has 1 unspecified atom stereocenters. The van der Waals surface area contributed by atoms with Crippen molar-refractivity contribution < 1.29 is 19.0 Å². The zero-order valence-electron chi connectivity index (χ0n) is 11.9. The van der Waals surface area contributed by atoms with E-state index in [9.17, 15) is 4.79 Å². The number of methoxy groups -OCH3 is 3. The molecule has 0 aliphatic rings. The van der Waals surface area contributed by atoms with E-state index in [1.807, 2.05) is 12.1 Å². The van der Waals surface area contributed by atoms with Gasteiger partial charge in [-0.25, -0.2) is 0 Å². The minimum absolute atomic E-state index is 0.211. The lowest BCUT2D eigenvalue weighted by molar-refractivity contribution is -0.140. The summed E-state index contributed by atoms with van der Waals surface area (Å²) in [5, 5.41) is 0. The number of halogens is 1. The summed E-state index contributed by atoms with van der Waals surface area (Å²) < 4.78 is 16.0. The highest BCUT2D eigenvalue weighted by Crippen LogP contribution is 2.40. The molecule has 1 aromatic carbocycles. The van der Waals surface area contributed by atoms with Gasteiger partial charge in [0.05, 0.1) is 21.3 Å². The Hall–Kier alpha value is -1.27. The van der Waals surface area contributed by atoms with Gasteiger partial charge in [-0.1, -0.05) is 0 Å². The van der Waals surface area contributed by atoms with Crippen molar-refractivity contribution in [1.82, 2.24) is 0 Å². The third-order valence-electron chi connectivity index (χ3n) is 3.04. The van der Waals surface area contributed by atoms with Gasteiger partial charge < -0.3 is 19.9 Å². The Bertz CT molecular complexity index is 465. The maximum Gasteiger partial charge on any atom is 0.305 e. The van der Waals surface area contributed by atoms with Crippen molar-refractivity contribution in [3.63, 3.8) is 0 Å². The van der Waals surface area contributed by atoms with Crippen molar-refractivity contribution in [3.8, 4) is 11.5 Å². The minimum Gasteiger partial charge on any atom is -0.495 e. The van der Waals surface area contributed by atoms with E-state index < -0.39 is 0 Å². The molecule has 6 heteroatoms. The topological polar surface area (TPSA) is 70.8 Å². The monoisotopic (exact) mass is 345 g/mol. The number of nitrogens with two attached hydrogens (primary N) is 1. The van der Waals surface area contributed by atoms with Gasteiger partial charge in [0.1, 0.15) is 16.0 Å². The van der Waals surface area contributed by atoms with E-state index in [4.69, 9.17) is 15.2 Å². The molecule has 5 nitrogen and oxygen atoms in total. The zero-order chi connectivity index (χ0) is 15.1. The minimum atomic E-state index is -0.222. The fourth-order valence-corrected chi connectivity index (χ4v) is 2.62. The van der Waals surface area contributed by atoms with Crippen molar-refractivity contribution in [1.29, 1.82) is 0 Å². The van der Waals surface area contributed by atoms with Crippen LogP contribution in [0.3, 0.4) is 0 Å². The third-order valence-corrected chi connectivity index (χ3v) is 3.79. The molecule has 1 atom stereocenters. The van der Waals surface area contributed by atoms with Crippen molar-refractivity contribution in [2.45, 2.75) is 25.3 Å². The predicted octanol–water partition coefficient (Wildman–Crippen LogP) is 2.81. The van der Waals surface area contributed by atoms with E-state index >= 15 is 0 Å². The summed E-state index contributed by atoms with van der Waals surface area (Å²) in [4.78, 5) is 11.1. The first kappa shape index (κ1) is 16.8. The fourth-order valence-electron chi connectivity index (χ4n) is 1.93. The average Bonchev–Trinajstić information content (AvgIpc) is 2.46. The van der Waals surface area contributed by atoms with Gasteiger partial charge in [-0.3, -0.25) is 4.79 Å². The SMILES string of the molecule is COC(=O)CCCC(N)c1ccc(OC)c(Br)c1OC. The molecule has 2 N–H and O–H groups in total. The van der Waals surface area contributed by atoms with Gasteiger partial charge in [0.15, 0.2) is 0 Å². The second-order valence-corrected chi connectivity index (χ2v) is 5.07. The second kappa shape index (κ2) is 8.11. The molecule has 0 bridgehead atoms. The number of hydrogen-bond acceptors (Lipinski definition) is 5. The summed E-state index contributed by atoms with van der Waals surface area (Å²) >= 11 is 3.44. The van der Waals surface area contributed by atoms with Crippen LogP contribution in [0.15, 0.2) is 16.6 Å². The highest BCUT2D eigenvalue weighted by atomic mass is 79.9. The standard InChI is InChI=1S/C14H20BrNO4/c1-18-11-8-7-9(14(20-3)13(11)15)10(16)5-4-6-12(17)19-2/h7-8,10H,4-6,16H2,1-3H3. The largest absolute Gasteiger partial charge is 0.495 e.